The highest BCUT2D eigenvalue weighted by molar-refractivity contribution is 5.79. The van der Waals surface area contributed by atoms with Gasteiger partial charge in [-0.25, -0.2) is 9.78 Å². The van der Waals surface area contributed by atoms with Crippen LogP contribution in [0.4, 0.5) is 5.82 Å². The number of carboxylic acids is 1. The number of rotatable bonds is 5. The first-order valence-electron chi connectivity index (χ1n) is 5.41. The van der Waals surface area contributed by atoms with Crippen LogP contribution in [0.25, 0.3) is 11.0 Å². The molecule has 0 aliphatic carbocycles. The maximum Gasteiger partial charge on any atom is 0.328 e. The van der Waals surface area contributed by atoms with E-state index >= 15 is 0 Å². The Labute approximate surface area is 104 Å². The molecule has 1 unspecified atom stereocenters. The summed E-state index contributed by atoms with van der Waals surface area (Å²) in [6, 6.07) is 6.54. The zero-order valence-corrected chi connectivity index (χ0v) is 9.83. The van der Waals surface area contributed by atoms with Gasteiger partial charge in [0.2, 0.25) is 0 Å². The maximum atomic E-state index is 11.0. The Morgan fingerprint density at radius 1 is 1.44 bits per heavy atom. The van der Waals surface area contributed by atoms with Crippen LogP contribution in [0.5, 0.6) is 0 Å². The van der Waals surface area contributed by atoms with Gasteiger partial charge in [-0.3, -0.25) is 4.98 Å². The molecule has 0 saturated heterocycles. The van der Waals surface area contributed by atoms with Crippen molar-refractivity contribution in [3.63, 3.8) is 0 Å². The van der Waals surface area contributed by atoms with Crippen LogP contribution in [0.3, 0.4) is 0 Å². The summed E-state index contributed by atoms with van der Waals surface area (Å²) in [5, 5.41) is 11.8. The minimum Gasteiger partial charge on any atom is -0.480 e. The van der Waals surface area contributed by atoms with Crippen LogP contribution in [0.1, 0.15) is 0 Å². The molecular formula is C12H13N3O3. The molecule has 0 bridgehead atoms. The quantitative estimate of drug-likeness (QED) is 0.824. The molecule has 6 heteroatoms. The number of methoxy groups -OCH3 is 1. The van der Waals surface area contributed by atoms with Gasteiger partial charge in [0, 0.05) is 7.11 Å². The number of ether oxygens (including phenoxy) is 1. The monoisotopic (exact) mass is 247 g/mol. The third kappa shape index (κ3) is 2.72. The highest BCUT2D eigenvalue weighted by atomic mass is 16.5. The predicted molar refractivity (Wildman–Crippen MR) is 66.5 cm³/mol. The Morgan fingerprint density at radius 2 is 2.17 bits per heavy atom. The average molecular weight is 247 g/mol. The van der Waals surface area contributed by atoms with Gasteiger partial charge in [0.05, 0.1) is 23.8 Å². The summed E-state index contributed by atoms with van der Waals surface area (Å²) in [4.78, 5) is 19.4. The number of fused-ring (bicyclic) bond motifs is 1. The second-order valence-electron chi connectivity index (χ2n) is 3.73. The first-order valence-corrected chi connectivity index (χ1v) is 5.41. The summed E-state index contributed by atoms with van der Waals surface area (Å²) < 4.78 is 4.83. The molecule has 2 N–H and O–H groups in total. The predicted octanol–water partition coefficient (Wildman–Crippen LogP) is 1.14. The van der Waals surface area contributed by atoms with Crippen LogP contribution < -0.4 is 5.32 Å². The number of aliphatic carboxylic acids is 1. The standard InChI is InChI=1S/C12H13N3O3/c1-18-7-10(12(16)17)15-11-6-13-8-4-2-3-5-9(8)14-11/h2-6,10H,7H2,1H3,(H,14,15)(H,16,17). The number of para-hydroxylation sites is 2. The number of nitrogens with one attached hydrogen (secondary N) is 1. The van der Waals surface area contributed by atoms with E-state index in [-0.39, 0.29) is 6.61 Å². The lowest BCUT2D eigenvalue weighted by Gasteiger charge is -2.13. The van der Waals surface area contributed by atoms with Gasteiger partial charge >= 0.3 is 5.97 Å². The first kappa shape index (κ1) is 12.3. The van der Waals surface area contributed by atoms with Crippen molar-refractivity contribution >= 4 is 22.8 Å². The molecule has 0 aliphatic heterocycles. The van der Waals surface area contributed by atoms with Gasteiger partial charge in [-0.2, -0.15) is 0 Å². The number of hydrogen-bond acceptors (Lipinski definition) is 5. The highest BCUT2D eigenvalue weighted by Crippen LogP contribution is 2.12. The van der Waals surface area contributed by atoms with Crippen LogP contribution in [-0.4, -0.2) is 40.8 Å². The van der Waals surface area contributed by atoms with Gasteiger partial charge in [0.25, 0.3) is 0 Å². The van der Waals surface area contributed by atoms with E-state index in [1.807, 2.05) is 24.3 Å². The molecular weight excluding hydrogens is 234 g/mol. The van der Waals surface area contributed by atoms with E-state index in [2.05, 4.69) is 15.3 Å². The minimum absolute atomic E-state index is 0.0594. The molecule has 0 radical (unpaired) electrons. The summed E-state index contributed by atoms with van der Waals surface area (Å²) in [6.07, 6.45) is 1.51. The van der Waals surface area contributed by atoms with Crippen molar-refractivity contribution in [3.05, 3.63) is 30.5 Å². The molecule has 18 heavy (non-hydrogen) atoms. The Kier molecular flexibility index (Phi) is 3.69. The molecule has 0 saturated carbocycles. The number of aromatic nitrogens is 2. The van der Waals surface area contributed by atoms with Gasteiger partial charge < -0.3 is 15.2 Å². The first-order chi connectivity index (χ1) is 8.70. The fourth-order valence-electron chi connectivity index (χ4n) is 1.55. The number of benzene rings is 1. The fourth-order valence-corrected chi connectivity index (χ4v) is 1.55. The van der Waals surface area contributed by atoms with Crippen LogP contribution in [0, 0.1) is 0 Å². The van der Waals surface area contributed by atoms with Gasteiger partial charge in [0.15, 0.2) is 0 Å². The topological polar surface area (TPSA) is 84.3 Å². The molecule has 0 amide bonds. The Bertz CT molecular complexity index is 559. The van der Waals surface area contributed by atoms with E-state index in [4.69, 9.17) is 9.84 Å². The van der Waals surface area contributed by atoms with Crippen molar-refractivity contribution in [1.82, 2.24) is 9.97 Å². The zero-order chi connectivity index (χ0) is 13.0. The number of carbonyl (C=O) groups is 1. The van der Waals surface area contributed by atoms with E-state index in [1.165, 1.54) is 13.3 Å². The Hall–Kier alpha value is -2.21. The third-order valence-corrected chi connectivity index (χ3v) is 2.40. The van der Waals surface area contributed by atoms with Crippen LogP contribution in [0.15, 0.2) is 30.5 Å². The van der Waals surface area contributed by atoms with Crippen molar-refractivity contribution in [3.8, 4) is 0 Å². The third-order valence-electron chi connectivity index (χ3n) is 2.40. The maximum absolute atomic E-state index is 11.0. The second kappa shape index (κ2) is 5.42. The molecule has 2 aromatic rings. The van der Waals surface area contributed by atoms with Crippen LogP contribution >= 0.6 is 0 Å². The SMILES string of the molecule is COCC(Nc1cnc2ccccc2n1)C(=O)O. The molecule has 94 valence electrons. The van der Waals surface area contributed by atoms with Gasteiger partial charge in [-0.05, 0) is 12.1 Å². The molecule has 0 aliphatic rings. The number of nitrogens with zero attached hydrogens (tertiary/aromatic N) is 2. The molecule has 1 aromatic heterocycles. The van der Waals surface area contributed by atoms with Gasteiger partial charge in [-0.1, -0.05) is 12.1 Å². The summed E-state index contributed by atoms with van der Waals surface area (Å²) in [5.74, 6) is -0.579. The second-order valence-corrected chi connectivity index (χ2v) is 3.73. The largest absolute Gasteiger partial charge is 0.480 e. The van der Waals surface area contributed by atoms with Gasteiger partial charge in [0.1, 0.15) is 11.9 Å². The molecule has 2 rings (SSSR count). The summed E-state index contributed by atoms with van der Waals surface area (Å²) in [7, 11) is 1.45. The zero-order valence-electron chi connectivity index (χ0n) is 9.83. The summed E-state index contributed by atoms with van der Waals surface area (Å²) in [6.45, 7) is 0.0594. The van der Waals surface area contributed by atoms with E-state index in [9.17, 15) is 4.79 Å². The lowest BCUT2D eigenvalue weighted by atomic mass is 10.3. The molecule has 6 nitrogen and oxygen atoms in total. The molecule has 1 aromatic carbocycles. The van der Waals surface area contributed by atoms with Gasteiger partial charge in [-0.15, -0.1) is 0 Å². The Morgan fingerprint density at radius 3 is 2.83 bits per heavy atom. The van der Waals surface area contributed by atoms with Crippen LogP contribution in [0.2, 0.25) is 0 Å². The van der Waals surface area contributed by atoms with E-state index < -0.39 is 12.0 Å². The van der Waals surface area contributed by atoms with Crippen molar-refractivity contribution in [1.29, 1.82) is 0 Å². The van der Waals surface area contributed by atoms with Crippen LogP contribution in [-0.2, 0) is 9.53 Å². The van der Waals surface area contributed by atoms with Crippen molar-refractivity contribution in [2.45, 2.75) is 6.04 Å². The Balaban J connectivity index is 2.22. The fraction of sp³-hybridized carbons (Fsp3) is 0.250. The number of hydrogen-bond donors (Lipinski definition) is 2. The molecule has 1 heterocycles. The molecule has 0 spiro atoms. The molecule has 0 fully saturated rings. The summed E-state index contributed by atoms with van der Waals surface area (Å²) in [5.41, 5.74) is 1.48. The molecule has 1 atom stereocenters. The van der Waals surface area contributed by atoms with E-state index in [0.29, 0.717) is 11.3 Å². The van der Waals surface area contributed by atoms with Crippen molar-refractivity contribution in [2.75, 3.05) is 19.0 Å². The average Bonchev–Trinajstić information content (AvgIpc) is 2.38. The van der Waals surface area contributed by atoms with Crippen molar-refractivity contribution in [2.24, 2.45) is 0 Å². The normalized spacial score (nSPS) is 12.3. The minimum atomic E-state index is -0.994. The smallest absolute Gasteiger partial charge is 0.328 e. The van der Waals surface area contributed by atoms with E-state index in [1.54, 1.807) is 0 Å². The highest BCUT2D eigenvalue weighted by Gasteiger charge is 2.17. The van der Waals surface area contributed by atoms with Crippen molar-refractivity contribution < 1.29 is 14.6 Å². The van der Waals surface area contributed by atoms with E-state index in [0.717, 1.165) is 5.52 Å². The lowest BCUT2D eigenvalue weighted by Crippen LogP contribution is -2.33. The summed E-state index contributed by atoms with van der Waals surface area (Å²) >= 11 is 0. The number of anilines is 1. The lowest BCUT2D eigenvalue weighted by molar-refractivity contribution is -0.139. The number of carboxylic acid groups (broad SMARTS) is 1.